The SMILES string of the molecule is CC[C@@](C)(OC(=O)COC(C)C)C(=O)c1ccc(SC)cc1. The van der Waals surface area contributed by atoms with Gasteiger partial charge in [-0.2, -0.15) is 0 Å². The summed E-state index contributed by atoms with van der Waals surface area (Å²) in [5, 5.41) is 0. The fraction of sp³-hybridized carbons (Fsp3) is 0.529. The molecule has 22 heavy (non-hydrogen) atoms. The molecular weight excluding hydrogens is 300 g/mol. The Labute approximate surface area is 136 Å². The van der Waals surface area contributed by atoms with E-state index in [0.29, 0.717) is 12.0 Å². The fourth-order valence-electron chi connectivity index (χ4n) is 1.84. The molecule has 0 fully saturated rings. The minimum atomic E-state index is -1.17. The number of Topliss-reactive ketones (excluding diaryl/α,β-unsaturated/α-hetero) is 1. The monoisotopic (exact) mass is 324 g/mol. The Kier molecular flexibility index (Phi) is 7.10. The third kappa shape index (κ3) is 5.14. The van der Waals surface area contributed by atoms with E-state index in [4.69, 9.17) is 9.47 Å². The molecular formula is C17H24O4S. The van der Waals surface area contributed by atoms with E-state index in [9.17, 15) is 9.59 Å². The van der Waals surface area contributed by atoms with Crippen LogP contribution < -0.4 is 0 Å². The van der Waals surface area contributed by atoms with Gasteiger partial charge in [-0.25, -0.2) is 4.79 Å². The number of thioether (sulfide) groups is 1. The van der Waals surface area contributed by atoms with Crippen molar-refractivity contribution in [3.8, 4) is 0 Å². The molecule has 0 amide bonds. The number of esters is 1. The van der Waals surface area contributed by atoms with Gasteiger partial charge < -0.3 is 9.47 Å². The minimum Gasteiger partial charge on any atom is -0.449 e. The maximum Gasteiger partial charge on any atom is 0.333 e. The Morgan fingerprint density at radius 3 is 2.27 bits per heavy atom. The second kappa shape index (κ2) is 8.34. The number of benzene rings is 1. The van der Waals surface area contributed by atoms with Gasteiger partial charge in [0.25, 0.3) is 0 Å². The van der Waals surface area contributed by atoms with Crippen molar-refractivity contribution in [2.75, 3.05) is 12.9 Å². The zero-order valence-electron chi connectivity index (χ0n) is 13.8. The van der Waals surface area contributed by atoms with Gasteiger partial charge in [0.15, 0.2) is 5.60 Å². The third-order valence-corrected chi connectivity index (χ3v) is 4.12. The summed E-state index contributed by atoms with van der Waals surface area (Å²) in [4.78, 5) is 25.6. The lowest BCUT2D eigenvalue weighted by Crippen LogP contribution is -2.41. The number of hydrogen-bond donors (Lipinski definition) is 0. The molecule has 0 aliphatic carbocycles. The molecule has 4 nitrogen and oxygen atoms in total. The van der Waals surface area contributed by atoms with Crippen LogP contribution in [0.3, 0.4) is 0 Å². The van der Waals surface area contributed by atoms with Crippen LogP contribution in [0.15, 0.2) is 29.2 Å². The van der Waals surface area contributed by atoms with Gasteiger partial charge in [0.2, 0.25) is 5.78 Å². The van der Waals surface area contributed by atoms with Gasteiger partial charge in [0, 0.05) is 10.5 Å². The summed E-state index contributed by atoms with van der Waals surface area (Å²) in [6.45, 7) is 7.00. The molecule has 0 radical (unpaired) electrons. The van der Waals surface area contributed by atoms with Crippen molar-refractivity contribution in [3.63, 3.8) is 0 Å². The summed E-state index contributed by atoms with van der Waals surface area (Å²) < 4.78 is 10.6. The van der Waals surface area contributed by atoms with Gasteiger partial charge in [-0.1, -0.05) is 19.1 Å². The van der Waals surface area contributed by atoms with Gasteiger partial charge in [-0.05, 0) is 45.6 Å². The minimum absolute atomic E-state index is 0.0600. The second-order valence-corrected chi connectivity index (χ2v) is 6.36. The first-order chi connectivity index (χ1) is 10.3. The molecule has 0 aliphatic heterocycles. The molecule has 0 spiro atoms. The quantitative estimate of drug-likeness (QED) is 0.414. The van der Waals surface area contributed by atoms with Gasteiger partial charge in [0.05, 0.1) is 6.10 Å². The average Bonchev–Trinajstić information content (AvgIpc) is 2.52. The predicted octanol–water partition coefficient (Wildman–Crippen LogP) is 3.73. The fourth-order valence-corrected chi connectivity index (χ4v) is 2.25. The maximum atomic E-state index is 12.6. The molecule has 1 rings (SSSR count). The van der Waals surface area contributed by atoms with Crippen molar-refractivity contribution in [2.24, 2.45) is 0 Å². The van der Waals surface area contributed by atoms with E-state index >= 15 is 0 Å². The summed E-state index contributed by atoms with van der Waals surface area (Å²) >= 11 is 1.61. The Morgan fingerprint density at radius 2 is 1.82 bits per heavy atom. The zero-order chi connectivity index (χ0) is 16.8. The van der Waals surface area contributed by atoms with E-state index in [1.54, 1.807) is 30.8 Å². The van der Waals surface area contributed by atoms with Crippen molar-refractivity contribution in [1.82, 2.24) is 0 Å². The number of ether oxygens (including phenoxy) is 2. The van der Waals surface area contributed by atoms with Crippen LogP contribution in [0, 0.1) is 0 Å². The van der Waals surface area contributed by atoms with Crippen LogP contribution in [0.4, 0.5) is 0 Å². The van der Waals surface area contributed by atoms with Crippen LogP contribution in [0.1, 0.15) is 44.5 Å². The van der Waals surface area contributed by atoms with Crippen molar-refractivity contribution in [1.29, 1.82) is 0 Å². The highest BCUT2D eigenvalue weighted by molar-refractivity contribution is 7.98. The van der Waals surface area contributed by atoms with Crippen LogP contribution in [-0.4, -0.2) is 36.3 Å². The zero-order valence-corrected chi connectivity index (χ0v) is 14.7. The van der Waals surface area contributed by atoms with Gasteiger partial charge in [-0.3, -0.25) is 4.79 Å². The summed E-state index contributed by atoms with van der Waals surface area (Å²) in [5.74, 6) is -0.715. The molecule has 1 atom stereocenters. The molecule has 5 heteroatoms. The Bertz CT molecular complexity index is 510. The first kappa shape index (κ1) is 18.7. The maximum absolute atomic E-state index is 12.6. The second-order valence-electron chi connectivity index (χ2n) is 5.48. The van der Waals surface area contributed by atoms with Crippen LogP contribution in [-0.2, 0) is 14.3 Å². The number of carbonyl (C=O) groups is 2. The van der Waals surface area contributed by atoms with Crippen molar-refractivity contribution in [3.05, 3.63) is 29.8 Å². The number of ketones is 1. The largest absolute Gasteiger partial charge is 0.449 e. The van der Waals surface area contributed by atoms with Crippen molar-refractivity contribution in [2.45, 2.75) is 50.7 Å². The topological polar surface area (TPSA) is 52.6 Å². The average molecular weight is 324 g/mol. The molecule has 0 aliphatic rings. The van der Waals surface area contributed by atoms with Crippen LogP contribution in [0.5, 0.6) is 0 Å². The highest BCUT2D eigenvalue weighted by atomic mass is 32.2. The summed E-state index contributed by atoms with van der Waals surface area (Å²) in [5.41, 5.74) is -0.627. The summed E-state index contributed by atoms with van der Waals surface area (Å²) in [6.07, 6.45) is 2.32. The highest BCUT2D eigenvalue weighted by Crippen LogP contribution is 2.24. The van der Waals surface area contributed by atoms with E-state index < -0.39 is 11.6 Å². The lowest BCUT2D eigenvalue weighted by atomic mass is 9.92. The Morgan fingerprint density at radius 1 is 1.23 bits per heavy atom. The van der Waals surface area contributed by atoms with Crippen LogP contribution in [0.2, 0.25) is 0 Å². The molecule has 0 saturated carbocycles. The van der Waals surface area contributed by atoms with Gasteiger partial charge >= 0.3 is 5.97 Å². The van der Waals surface area contributed by atoms with Crippen molar-refractivity contribution < 1.29 is 19.1 Å². The summed E-state index contributed by atoms with van der Waals surface area (Å²) in [7, 11) is 0. The molecule has 0 heterocycles. The molecule has 0 aromatic heterocycles. The Balaban J connectivity index is 2.82. The predicted molar refractivity (Wildman–Crippen MR) is 88.4 cm³/mol. The van der Waals surface area contributed by atoms with E-state index in [0.717, 1.165) is 4.90 Å². The summed E-state index contributed by atoms with van der Waals surface area (Å²) in [6, 6.07) is 7.30. The molecule has 0 saturated heterocycles. The molecule has 0 N–H and O–H groups in total. The van der Waals surface area contributed by atoms with Gasteiger partial charge in [0.1, 0.15) is 6.61 Å². The van der Waals surface area contributed by atoms with E-state index in [-0.39, 0.29) is 18.5 Å². The first-order valence-corrected chi connectivity index (χ1v) is 8.57. The smallest absolute Gasteiger partial charge is 0.333 e. The van der Waals surface area contributed by atoms with Crippen LogP contribution >= 0.6 is 11.8 Å². The standard InChI is InChI=1S/C17H24O4S/c1-6-17(4,21-15(18)11-20-12(2)3)16(19)13-7-9-14(22-5)10-8-13/h7-10,12H,6,11H2,1-5H3/t17-/m1/s1. The van der Waals surface area contributed by atoms with Crippen LogP contribution in [0.25, 0.3) is 0 Å². The lowest BCUT2D eigenvalue weighted by molar-refractivity contribution is -0.161. The Hall–Kier alpha value is -1.33. The molecule has 0 unspecified atom stereocenters. The number of hydrogen-bond acceptors (Lipinski definition) is 5. The first-order valence-electron chi connectivity index (χ1n) is 7.34. The van der Waals surface area contributed by atoms with Gasteiger partial charge in [-0.15, -0.1) is 11.8 Å². The third-order valence-electron chi connectivity index (χ3n) is 3.38. The highest BCUT2D eigenvalue weighted by Gasteiger charge is 2.36. The normalized spacial score (nSPS) is 13.7. The van der Waals surface area contributed by atoms with E-state index in [1.165, 1.54) is 0 Å². The number of rotatable bonds is 8. The molecule has 122 valence electrons. The van der Waals surface area contributed by atoms with E-state index in [2.05, 4.69) is 0 Å². The number of carbonyl (C=O) groups excluding carboxylic acids is 2. The molecule has 1 aromatic carbocycles. The molecule has 0 bridgehead atoms. The van der Waals surface area contributed by atoms with E-state index in [1.807, 2.05) is 39.2 Å². The van der Waals surface area contributed by atoms with Crippen molar-refractivity contribution >= 4 is 23.5 Å². The molecule has 1 aromatic rings. The lowest BCUT2D eigenvalue weighted by Gasteiger charge is -2.27.